The Morgan fingerprint density at radius 1 is 1.50 bits per heavy atom. The minimum absolute atomic E-state index is 0.183. The molecule has 0 aliphatic rings. The van der Waals surface area contributed by atoms with Gasteiger partial charge >= 0.3 is 11.7 Å². The summed E-state index contributed by atoms with van der Waals surface area (Å²) in [5.74, 6) is 0. The van der Waals surface area contributed by atoms with E-state index in [-0.39, 0.29) is 5.69 Å². The molecule has 0 amide bonds. The van der Waals surface area contributed by atoms with Crippen LogP contribution in [-0.4, -0.2) is 21.5 Å². The van der Waals surface area contributed by atoms with Crippen molar-refractivity contribution in [1.29, 1.82) is 0 Å². The van der Waals surface area contributed by atoms with E-state index in [4.69, 9.17) is 4.74 Å². The summed E-state index contributed by atoms with van der Waals surface area (Å²) in [6.45, 7) is 0. The zero-order valence-corrected chi connectivity index (χ0v) is 6.16. The monoisotopic (exact) mass is 143 g/mol. The van der Waals surface area contributed by atoms with Gasteiger partial charge in [0.2, 0.25) is 0 Å². The van der Waals surface area contributed by atoms with Gasteiger partial charge in [-0.3, -0.25) is 0 Å². The Balaban J connectivity index is 3.31. The second-order valence-electron chi connectivity index (χ2n) is 1.95. The van der Waals surface area contributed by atoms with Crippen molar-refractivity contribution in [3.8, 4) is 6.01 Å². The molecule has 0 bridgehead atoms. The third-order valence-electron chi connectivity index (χ3n) is 1.27. The van der Waals surface area contributed by atoms with Crippen LogP contribution in [0.5, 0.6) is 6.01 Å². The summed E-state index contributed by atoms with van der Waals surface area (Å²) in [6.07, 6.45) is 0. The maximum absolute atomic E-state index is 10.9. The summed E-state index contributed by atoms with van der Waals surface area (Å²) in [5, 5.41) is 3.77. The van der Waals surface area contributed by atoms with Crippen LogP contribution < -0.4 is 10.4 Å². The molecular weight excluding hydrogens is 134 g/mol. The zero-order valence-electron chi connectivity index (χ0n) is 6.16. The quantitative estimate of drug-likeness (QED) is 0.513. The van der Waals surface area contributed by atoms with Crippen molar-refractivity contribution in [1.82, 2.24) is 14.3 Å². The number of hydrogen-bond donors (Lipinski definition) is 0. The van der Waals surface area contributed by atoms with E-state index in [9.17, 15) is 4.79 Å². The smallest absolute Gasteiger partial charge is 0.348 e. The number of aryl methyl sites for hydroxylation is 1. The summed E-state index contributed by atoms with van der Waals surface area (Å²) in [7, 11) is 4.65. The van der Waals surface area contributed by atoms with Crippen LogP contribution in [0, 0.1) is 0 Å². The maximum atomic E-state index is 10.9. The molecule has 0 atom stereocenters. The topological polar surface area (TPSA) is 49.1 Å². The first-order valence-electron chi connectivity index (χ1n) is 2.81. The minimum Gasteiger partial charge on any atom is -0.467 e. The molecule has 5 nitrogen and oxygen atoms in total. The molecule has 0 aromatic carbocycles. The molecule has 1 rings (SSSR count). The molecule has 5 heteroatoms. The standard InChI is InChI=1S/C5H9N3O2/c1-7-4(10-3)6-8(2)5(7)9/h1-3H3. The molecule has 0 aliphatic heterocycles. The SMILES string of the molecule is COc1nn(C)c(=O)n1C. The summed E-state index contributed by atoms with van der Waals surface area (Å²) < 4.78 is 7.33. The molecule has 0 saturated carbocycles. The van der Waals surface area contributed by atoms with Crippen molar-refractivity contribution in [3.63, 3.8) is 0 Å². The van der Waals surface area contributed by atoms with Gasteiger partial charge in [-0.1, -0.05) is 0 Å². The molecule has 1 aromatic rings. The normalized spacial score (nSPS) is 9.90. The second kappa shape index (κ2) is 2.17. The van der Waals surface area contributed by atoms with Gasteiger partial charge in [-0.15, -0.1) is 5.10 Å². The van der Waals surface area contributed by atoms with Crippen LogP contribution in [0.15, 0.2) is 4.79 Å². The molecular formula is C5H9N3O2. The Morgan fingerprint density at radius 3 is 2.30 bits per heavy atom. The van der Waals surface area contributed by atoms with Gasteiger partial charge in [-0.2, -0.15) is 0 Å². The molecule has 56 valence electrons. The third kappa shape index (κ3) is 0.792. The molecule has 0 saturated heterocycles. The van der Waals surface area contributed by atoms with E-state index in [1.54, 1.807) is 14.1 Å². The van der Waals surface area contributed by atoms with E-state index in [2.05, 4.69) is 5.10 Å². The minimum atomic E-state index is -0.183. The molecule has 0 radical (unpaired) electrons. The van der Waals surface area contributed by atoms with E-state index >= 15 is 0 Å². The maximum Gasteiger partial charge on any atom is 0.348 e. The lowest BCUT2D eigenvalue weighted by atomic mass is 11.0. The first kappa shape index (κ1) is 6.85. The van der Waals surface area contributed by atoms with Crippen LogP contribution in [0.1, 0.15) is 0 Å². The molecule has 10 heavy (non-hydrogen) atoms. The second-order valence-corrected chi connectivity index (χ2v) is 1.95. The van der Waals surface area contributed by atoms with Gasteiger partial charge in [0.15, 0.2) is 0 Å². The molecule has 0 spiro atoms. The van der Waals surface area contributed by atoms with Gasteiger partial charge < -0.3 is 4.74 Å². The van der Waals surface area contributed by atoms with E-state index in [1.807, 2.05) is 0 Å². The van der Waals surface area contributed by atoms with Crippen LogP contribution in [-0.2, 0) is 14.1 Å². The van der Waals surface area contributed by atoms with Crippen molar-refractivity contribution in [2.24, 2.45) is 14.1 Å². The van der Waals surface area contributed by atoms with E-state index in [0.29, 0.717) is 6.01 Å². The average Bonchev–Trinajstić information content (AvgIpc) is 2.17. The van der Waals surface area contributed by atoms with Crippen LogP contribution in [0.4, 0.5) is 0 Å². The van der Waals surface area contributed by atoms with E-state index in [0.717, 1.165) is 0 Å². The lowest BCUT2D eigenvalue weighted by Crippen LogP contribution is -2.20. The fraction of sp³-hybridized carbons (Fsp3) is 0.600. The van der Waals surface area contributed by atoms with Crippen LogP contribution >= 0.6 is 0 Å². The first-order chi connectivity index (χ1) is 4.66. The Hall–Kier alpha value is -1.26. The highest BCUT2D eigenvalue weighted by atomic mass is 16.5. The van der Waals surface area contributed by atoms with Crippen molar-refractivity contribution < 1.29 is 4.74 Å². The van der Waals surface area contributed by atoms with Gasteiger partial charge in [0.1, 0.15) is 0 Å². The number of hydrogen-bond acceptors (Lipinski definition) is 3. The van der Waals surface area contributed by atoms with Gasteiger partial charge in [0.05, 0.1) is 7.11 Å². The number of rotatable bonds is 1. The Kier molecular flexibility index (Phi) is 1.48. The van der Waals surface area contributed by atoms with Gasteiger partial charge in [0.25, 0.3) is 0 Å². The molecule has 0 aliphatic carbocycles. The van der Waals surface area contributed by atoms with Crippen LogP contribution in [0.3, 0.4) is 0 Å². The average molecular weight is 143 g/mol. The molecule has 0 unspecified atom stereocenters. The fourth-order valence-electron chi connectivity index (χ4n) is 0.715. The number of nitrogens with zero attached hydrogens (tertiary/aromatic N) is 3. The summed E-state index contributed by atoms with van der Waals surface area (Å²) in [4.78, 5) is 10.9. The highest BCUT2D eigenvalue weighted by Crippen LogP contribution is 1.96. The Morgan fingerprint density at radius 2 is 2.10 bits per heavy atom. The molecule has 1 heterocycles. The third-order valence-corrected chi connectivity index (χ3v) is 1.27. The lowest BCUT2D eigenvalue weighted by molar-refractivity contribution is 0.361. The summed E-state index contributed by atoms with van der Waals surface area (Å²) >= 11 is 0. The highest BCUT2D eigenvalue weighted by Gasteiger charge is 2.04. The Labute approximate surface area is 57.8 Å². The van der Waals surface area contributed by atoms with Crippen LogP contribution in [0.2, 0.25) is 0 Å². The van der Waals surface area contributed by atoms with Gasteiger partial charge in [0, 0.05) is 14.1 Å². The van der Waals surface area contributed by atoms with Crippen molar-refractivity contribution in [2.45, 2.75) is 0 Å². The molecule has 0 N–H and O–H groups in total. The molecule has 1 aromatic heterocycles. The first-order valence-corrected chi connectivity index (χ1v) is 2.81. The van der Waals surface area contributed by atoms with Gasteiger partial charge in [-0.05, 0) is 0 Å². The fourth-order valence-corrected chi connectivity index (χ4v) is 0.715. The number of ether oxygens (including phenoxy) is 1. The predicted molar refractivity (Wildman–Crippen MR) is 35.0 cm³/mol. The number of methoxy groups -OCH3 is 1. The van der Waals surface area contributed by atoms with Crippen molar-refractivity contribution >= 4 is 0 Å². The summed E-state index contributed by atoms with van der Waals surface area (Å²) in [5.41, 5.74) is -0.183. The van der Waals surface area contributed by atoms with Crippen molar-refractivity contribution in [2.75, 3.05) is 7.11 Å². The lowest BCUT2D eigenvalue weighted by Gasteiger charge is -1.92. The van der Waals surface area contributed by atoms with Crippen LogP contribution in [0.25, 0.3) is 0 Å². The van der Waals surface area contributed by atoms with E-state index < -0.39 is 0 Å². The Bertz CT molecular complexity index is 286. The number of aromatic nitrogens is 3. The van der Waals surface area contributed by atoms with Gasteiger partial charge in [-0.25, -0.2) is 14.0 Å². The highest BCUT2D eigenvalue weighted by molar-refractivity contribution is 4.90. The summed E-state index contributed by atoms with van der Waals surface area (Å²) in [6, 6.07) is 0.326. The predicted octanol–water partition coefficient (Wildman–Crippen LogP) is -0.873. The largest absolute Gasteiger partial charge is 0.467 e. The zero-order chi connectivity index (χ0) is 7.72. The van der Waals surface area contributed by atoms with Crippen molar-refractivity contribution in [3.05, 3.63) is 10.5 Å². The molecule has 0 fully saturated rings. The van der Waals surface area contributed by atoms with E-state index in [1.165, 1.54) is 16.4 Å².